The van der Waals surface area contributed by atoms with Crippen molar-refractivity contribution < 1.29 is 9.53 Å². The van der Waals surface area contributed by atoms with Crippen molar-refractivity contribution in [3.8, 4) is 0 Å². The summed E-state index contributed by atoms with van der Waals surface area (Å²) in [6.45, 7) is 2.41. The van der Waals surface area contributed by atoms with Gasteiger partial charge in [-0.1, -0.05) is 18.6 Å². The SMILES string of the molecule is C[C@@]12CCC=C3CC[C@@H]4CC(=O)O[C@H]4[C@@H]1[C@H]32. The van der Waals surface area contributed by atoms with Crippen LogP contribution in [0.15, 0.2) is 11.6 Å². The molecule has 86 valence electrons. The van der Waals surface area contributed by atoms with Crippen molar-refractivity contribution in [3.05, 3.63) is 11.6 Å². The summed E-state index contributed by atoms with van der Waals surface area (Å²) in [5, 5.41) is 0. The van der Waals surface area contributed by atoms with E-state index < -0.39 is 0 Å². The lowest BCUT2D eigenvalue weighted by atomic mass is 9.83. The van der Waals surface area contributed by atoms with E-state index in [1.54, 1.807) is 5.57 Å². The normalized spacial score (nSPS) is 53.3. The van der Waals surface area contributed by atoms with Crippen LogP contribution in [0.5, 0.6) is 0 Å². The molecule has 0 unspecified atom stereocenters. The summed E-state index contributed by atoms with van der Waals surface area (Å²) in [5.41, 5.74) is 2.15. The first kappa shape index (κ1) is 9.26. The van der Waals surface area contributed by atoms with Gasteiger partial charge in [0, 0.05) is 11.8 Å². The minimum Gasteiger partial charge on any atom is -0.462 e. The Morgan fingerprint density at radius 2 is 2.38 bits per heavy atom. The molecule has 1 saturated heterocycles. The second kappa shape index (κ2) is 2.72. The van der Waals surface area contributed by atoms with E-state index in [1.807, 2.05) is 0 Å². The maximum Gasteiger partial charge on any atom is 0.306 e. The Morgan fingerprint density at radius 1 is 1.50 bits per heavy atom. The van der Waals surface area contributed by atoms with Crippen molar-refractivity contribution in [2.75, 3.05) is 0 Å². The van der Waals surface area contributed by atoms with Crippen LogP contribution < -0.4 is 0 Å². The minimum absolute atomic E-state index is 0.0506. The van der Waals surface area contributed by atoms with Crippen LogP contribution in [0.3, 0.4) is 0 Å². The lowest BCUT2D eigenvalue weighted by molar-refractivity contribution is -0.142. The first-order valence-electron chi connectivity index (χ1n) is 6.58. The van der Waals surface area contributed by atoms with Crippen LogP contribution >= 0.6 is 0 Å². The molecule has 1 heterocycles. The number of esters is 1. The molecule has 0 bridgehead atoms. The van der Waals surface area contributed by atoms with Gasteiger partial charge in [0.15, 0.2) is 0 Å². The largest absolute Gasteiger partial charge is 0.462 e. The third-order valence-corrected chi connectivity index (χ3v) is 5.53. The highest BCUT2D eigenvalue weighted by Crippen LogP contribution is 2.71. The molecular formula is C14H18O2. The zero-order valence-electron chi connectivity index (χ0n) is 9.74. The molecule has 1 aliphatic heterocycles. The topological polar surface area (TPSA) is 26.3 Å². The summed E-state index contributed by atoms with van der Waals surface area (Å²) in [4.78, 5) is 11.4. The zero-order chi connectivity index (χ0) is 10.9. The average molecular weight is 218 g/mol. The van der Waals surface area contributed by atoms with Crippen molar-refractivity contribution in [3.63, 3.8) is 0 Å². The first-order chi connectivity index (χ1) is 7.70. The van der Waals surface area contributed by atoms with E-state index in [2.05, 4.69) is 13.0 Å². The van der Waals surface area contributed by atoms with Gasteiger partial charge in [-0.15, -0.1) is 0 Å². The Kier molecular flexibility index (Phi) is 1.57. The smallest absolute Gasteiger partial charge is 0.306 e. The molecule has 0 spiro atoms. The standard InChI is InChI=1S/C14H18O2/c1-14-6-2-3-8-4-5-9-7-10(15)16-13(9)12(14)11(8)14/h3,9,11-13H,2,4-7H2,1H3/t9-,11+,12+,13-,14+/m1/s1. The second-order valence-corrected chi connectivity index (χ2v) is 6.28. The molecule has 4 rings (SSSR count). The number of carbonyl (C=O) groups is 1. The molecule has 5 atom stereocenters. The fourth-order valence-corrected chi connectivity index (χ4v) is 4.71. The molecule has 2 saturated carbocycles. The Balaban J connectivity index is 1.74. The van der Waals surface area contributed by atoms with Crippen LogP contribution in [0.2, 0.25) is 0 Å². The van der Waals surface area contributed by atoms with E-state index in [0.717, 1.165) is 5.92 Å². The predicted molar refractivity (Wildman–Crippen MR) is 59.6 cm³/mol. The maximum atomic E-state index is 11.4. The molecular weight excluding hydrogens is 200 g/mol. The lowest BCUT2D eigenvalue weighted by Gasteiger charge is -2.23. The minimum atomic E-state index is 0.0506. The van der Waals surface area contributed by atoms with E-state index in [4.69, 9.17) is 4.74 Å². The number of carbonyl (C=O) groups excluding carboxylic acids is 1. The van der Waals surface area contributed by atoms with E-state index >= 15 is 0 Å². The fourth-order valence-electron chi connectivity index (χ4n) is 4.71. The average Bonchev–Trinajstić information content (AvgIpc) is 2.77. The molecule has 0 N–H and O–H groups in total. The van der Waals surface area contributed by atoms with Crippen LogP contribution in [0.4, 0.5) is 0 Å². The van der Waals surface area contributed by atoms with E-state index in [0.29, 0.717) is 23.7 Å². The van der Waals surface area contributed by atoms with Crippen LogP contribution in [0, 0.1) is 23.2 Å². The van der Waals surface area contributed by atoms with Gasteiger partial charge in [0.05, 0.1) is 6.42 Å². The number of allylic oxidation sites excluding steroid dienone is 2. The van der Waals surface area contributed by atoms with Crippen LogP contribution in [-0.4, -0.2) is 12.1 Å². The van der Waals surface area contributed by atoms with E-state index in [1.165, 1.54) is 25.7 Å². The molecule has 2 heteroatoms. The molecule has 3 fully saturated rings. The Labute approximate surface area is 96.0 Å². The molecule has 0 aromatic heterocycles. The van der Waals surface area contributed by atoms with Gasteiger partial charge in [0.25, 0.3) is 0 Å². The van der Waals surface area contributed by atoms with Crippen molar-refractivity contribution in [1.29, 1.82) is 0 Å². The lowest BCUT2D eigenvalue weighted by Crippen LogP contribution is -2.21. The van der Waals surface area contributed by atoms with Crippen LogP contribution in [0.25, 0.3) is 0 Å². The van der Waals surface area contributed by atoms with Gasteiger partial charge in [0.2, 0.25) is 0 Å². The van der Waals surface area contributed by atoms with E-state index in [9.17, 15) is 4.79 Å². The summed E-state index contributed by atoms with van der Waals surface area (Å²) < 4.78 is 5.61. The summed E-state index contributed by atoms with van der Waals surface area (Å²) in [7, 11) is 0. The summed E-state index contributed by atoms with van der Waals surface area (Å²) in [6, 6.07) is 0. The quantitative estimate of drug-likeness (QED) is 0.461. The number of rotatable bonds is 0. The Hall–Kier alpha value is -0.790. The number of hydrogen-bond acceptors (Lipinski definition) is 2. The highest BCUT2D eigenvalue weighted by Gasteiger charge is 2.69. The van der Waals surface area contributed by atoms with Gasteiger partial charge >= 0.3 is 5.97 Å². The maximum absolute atomic E-state index is 11.4. The van der Waals surface area contributed by atoms with Crippen molar-refractivity contribution in [2.24, 2.45) is 23.2 Å². The van der Waals surface area contributed by atoms with Gasteiger partial charge in [-0.25, -0.2) is 0 Å². The fraction of sp³-hybridized carbons (Fsp3) is 0.786. The first-order valence-corrected chi connectivity index (χ1v) is 6.58. The van der Waals surface area contributed by atoms with Crippen molar-refractivity contribution in [2.45, 2.75) is 45.1 Å². The van der Waals surface area contributed by atoms with Crippen molar-refractivity contribution in [1.82, 2.24) is 0 Å². The highest BCUT2D eigenvalue weighted by atomic mass is 16.6. The monoisotopic (exact) mass is 218 g/mol. The molecule has 4 aliphatic rings. The Bertz CT molecular complexity index is 398. The third kappa shape index (κ3) is 0.964. The zero-order valence-corrected chi connectivity index (χ0v) is 9.74. The highest BCUT2D eigenvalue weighted by molar-refractivity contribution is 5.72. The molecule has 0 radical (unpaired) electrons. The number of hydrogen-bond donors (Lipinski definition) is 0. The second-order valence-electron chi connectivity index (χ2n) is 6.28. The van der Waals surface area contributed by atoms with Gasteiger partial charge < -0.3 is 4.74 Å². The molecule has 3 aliphatic carbocycles. The summed E-state index contributed by atoms with van der Waals surface area (Å²) >= 11 is 0. The number of ether oxygens (including phenoxy) is 1. The molecule has 0 amide bonds. The predicted octanol–water partition coefficient (Wildman–Crippen LogP) is 2.68. The molecule has 0 aromatic rings. The number of fused-ring (bicyclic) bond motifs is 3. The Morgan fingerprint density at radius 3 is 3.25 bits per heavy atom. The van der Waals surface area contributed by atoms with Gasteiger partial charge in [-0.3, -0.25) is 4.79 Å². The third-order valence-electron chi connectivity index (χ3n) is 5.53. The molecule has 2 nitrogen and oxygen atoms in total. The molecule has 16 heavy (non-hydrogen) atoms. The summed E-state index contributed by atoms with van der Waals surface area (Å²) in [5.74, 6) is 1.97. The van der Waals surface area contributed by atoms with Crippen LogP contribution in [0.1, 0.15) is 39.0 Å². The van der Waals surface area contributed by atoms with Gasteiger partial charge in [0.1, 0.15) is 6.10 Å². The van der Waals surface area contributed by atoms with Crippen molar-refractivity contribution >= 4 is 5.97 Å². The van der Waals surface area contributed by atoms with Crippen LogP contribution in [-0.2, 0) is 9.53 Å². The molecule has 0 aromatic carbocycles. The van der Waals surface area contributed by atoms with Gasteiger partial charge in [-0.2, -0.15) is 0 Å². The van der Waals surface area contributed by atoms with E-state index in [-0.39, 0.29) is 12.1 Å². The van der Waals surface area contributed by atoms with Gasteiger partial charge in [-0.05, 0) is 37.0 Å². The summed E-state index contributed by atoms with van der Waals surface area (Å²) in [6.07, 6.45) is 8.33.